The molecule has 0 saturated carbocycles. The van der Waals surface area contributed by atoms with Crippen LogP contribution in [0.3, 0.4) is 0 Å². The lowest BCUT2D eigenvalue weighted by molar-refractivity contribution is 0.414. The van der Waals surface area contributed by atoms with Crippen molar-refractivity contribution in [2.24, 2.45) is 0 Å². The van der Waals surface area contributed by atoms with Gasteiger partial charge in [-0.15, -0.1) is 0 Å². The highest BCUT2D eigenvalue weighted by Gasteiger charge is 2.14. The summed E-state index contributed by atoms with van der Waals surface area (Å²) in [7, 11) is 0.561. The summed E-state index contributed by atoms with van der Waals surface area (Å²) in [5.74, 6) is 2.90. The van der Waals surface area contributed by atoms with Crippen LogP contribution in [0.15, 0.2) is 59.0 Å². The number of benzene rings is 2. The number of oxazole rings is 1. The molecule has 0 saturated heterocycles. The zero-order valence-electron chi connectivity index (χ0n) is 13.7. The number of ether oxygens (including phenoxy) is 1. The molecule has 1 heterocycles. The Morgan fingerprint density at radius 1 is 1.08 bits per heavy atom. The Morgan fingerprint density at radius 2 is 1.88 bits per heavy atom. The van der Waals surface area contributed by atoms with Gasteiger partial charge in [0, 0.05) is 22.1 Å². The van der Waals surface area contributed by atoms with Gasteiger partial charge in [-0.1, -0.05) is 30.3 Å². The van der Waals surface area contributed by atoms with Crippen molar-refractivity contribution in [3.63, 3.8) is 0 Å². The number of nitrogens with zero attached hydrogens (tertiary/aromatic N) is 1. The number of aromatic nitrogens is 1. The summed E-state index contributed by atoms with van der Waals surface area (Å²) >= 11 is 0. The molecule has 0 bridgehead atoms. The maximum atomic E-state index is 12.5. The largest absolute Gasteiger partial charge is 0.497 e. The smallest absolute Gasteiger partial charge is 0.226 e. The van der Waals surface area contributed by atoms with E-state index in [0.717, 1.165) is 22.6 Å². The molecule has 0 aliphatic carbocycles. The van der Waals surface area contributed by atoms with Crippen molar-refractivity contribution in [1.82, 2.24) is 4.98 Å². The lowest BCUT2D eigenvalue weighted by Gasteiger charge is -2.04. The molecule has 0 aliphatic heterocycles. The third-order valence-corrected chi connectivity index (χ3v) is 4.92. The Balaban J connectivity index is 1.71. The number of methoxy groups -OCH3 is 1. The van der Waals surface area contributed by atoms with Crippen LogP contribution < -0.4 is 4.74 Å². The van der Waals surface area contributed by atoms with Gasteiger partial charge in [-0.05, 0) is 36.8 Å². The summed E-state index contributed by atoms with van der Waals surface area (Å²) in [5, 5.41) is 0. The molecular formula is C19H19NO3S. The lowest BCUT2D eigenvalue weighted by atomic mass is 10.2. The molecule has 5 heteroatoms. The average Bonchev–Trinajstić information content (AvgIpc) is 2.96. The van der Waals surface area contributed by atoms with E-state index in [-0.39, 0.29) is 0 Å². The van der Waals surface area contributed by atoms with Gasteiger partial charge in [0.15, 0.2) is 0 Å². The summed E-state index contributed by atoms with van der Waals surface area (Å²) < 4.78 is 23.4. The number of hydrogen-bond acceptors (Lipinski definition) is 4. The predicted molar refractivity (Wildman–Crippen MR) is 95.2 cm³/mol. The molecule has 0 fully saturated rings. The molecule has 1 atom stereocenters. The van der Waals surface area contributed by atoms with E-state index < -0.39 is 10.8 Å². The van der Waals surface area contributed by atoms with Crippen LogP contribution in [0.2, 0.25) is 0 Å². The van der Waals surface area contributed by atoms with Gasteiger partial charge in [0.1, 0.15) is 11.5 Å². The van der Waals surface area contributed by atoms with Gasteiger partial charge < -0.3 is 9.15 Å². The molecule has 3 aromatic rings. The van der Waals surface area contributed by atoms with Gasteiger partial charge in [0.05, 0.1) is 18.6 Å². The summed E-state index contributed by atoms with van der Waals surface area (Å²) in [5.41, 5.74) is 2.65. The van der Waals surface area contributed by atoms with Gasteiger partial charge in [0.25, 0.3) is 0 Å². The minimum Gasteiger partial charge on any atom is -0.497 e. The van der Waals surface area contributed by atoms with E-state index >= 15 is 0 Å². The molecular weight excluding hydrogens is 322 g/mol. The van der Waals surface area contributed by atoms with Crippen molar-refractivity contribution in [1.29, 1.82) is 0 Å². The van der Waals surface area contributed by atoms with Crippen LogP contribution in [-0.4, -0.2) is 16.3 Å². The zero-order chi connectivity index (χ0) is 16.9. The topological polar surface area (TPSA) is 52.3 Å². The summed E-state index contributed by atoms with van der Waals surface area (Å²) in [6.45, 7) is 1.86. The Kier molecular flexibility index (Phi) is 5.11. The third-order valence-electron chi connectivity index (χ3n) is 3.67. The van der Waals surface area contributed by atoms with Crippen molar-refractivity contribution in [3.8, 4) is 17.2 Å². The SMILES string of the molecule is COc1cccc(C[S@](=O)Cc2nc(-c3ccccc3)oc2C)c1. The molecule has 0 unspecified atom stereocenters. The first-order chi connectivity index (χ1) is 11.7. The highest BCUT2D eigenvalue weighted by atomic mass is 32.2. The Morgan fingerprint density at radius 3 is 2.62 bits per heavy atom. The minimum absolute atomic E-state index is 0.374. The summed E-state index contributed by atoms with van der Waals surface area (Å²) in [6, 6.07) is 17.4. The van der Waals surface area contributed by atoms with E-state index in [0.29, 0.717) is 23.2 Å². The van der Waals surface area contributed by atoms with Gasteiger partial charge in [-0.25, -0.2) is 4.98 Å². The fraction of sp³-hybridized carbons (Fsp3) is 0.211. The van der Waals surface area contributed by atoms with Gasteiger partial charge in [0.2, 0.25) is 5.89 Å². The van der Waals surface area contributed by atoms with E-state index in [4.69, 9.17) is 9.15 Å². The van der Waals surface area contributed by atoms with E-state index in [1.54, 1.807) is 7.11 Å². The van der Waals surface area contributed by atoms with Gasteiger partial charge >= 0.3 is 0 Å². The molecule has 3 rings (SSSR count). The van der Waals surface area contributed by atoms with Crippen molar-refractivity contribution < 1.29 is 13.4 Å². The fourth-order valence-corrected chi connectivity index (χ4v) is 3.64. The number of hydrogen-bond donors (Lipinski definition) is 0. The van der Waals surface area contributed by atoms with Gasteiger partial charge in [-0.2, -0.15) is 0 Å². The Bertz CT molecular complexity index is 843. The highest BCUT2D eigenvalue weighted by molar-refractivity contribution is 7.83. The zero-order valence-corrected chi connectivity index (χ0v) is 14.5. The first-order valence-corrected chi connectivity index (χ1v) is 9.14. The van der Waals surface area contributed by atoms with Gasteiger partial charge in [-0.3, -0.25) is 4.21 Å². The second-order valence-electron chi connectivity index (χ2n) is 5.47. The maximum Gasteiger partial charge on any atom is 0.226 e. The van der Waals surface area contributed by atoms with Crippen LogP contribution in [0.5, 0.6) is 5.75 Å². The van der Waals surface area contributed by atoms with Crippen LogP contribution in [0.4, 0.5) is 0 Å². The van der Waals surface area contributed by atoms with Crippen molar-refractivity contribution >= 4 is 10.8 Å². The summed E-state index contributed by atoms with van der Waals surface area (Å²) in [6.07, 6.45) is 0. The van der Waals surface area contributed by atoms with E-state index in [2.05, 4.69) is 4.98 Å². The molecule has 2 aromatic carbocycles. The van der Waals surface area contributed by atoms with E-state index in [9.17, 15) is 4.21 Å². The van der Waals surface area contributed by atoms with Crippen molar-refractivity contribution in [2.75, 3.05) is 7.11 Å². The molecule has 1 aromatic heterocycles. The van der Waals surface area contributed by atoms with E-state index in [1.807, 2.05) is 61.5 Å². The molecule has 0 spiro atoms. The standard InChI is InChI=1S/C19H19NO3S/c1-14-18(20-19(23-14)16-8-4-3-5-9-16)13-24(21)12-15-7-6-10-17(11-15)22-2/h3-11H,12-13H2,1-2H3/t24-/m0/s1. The maximum absolute atomic E-state index is 12.5. The molecule has 4 nitrogen and oxygen atoms in total. The summed E-state index contributed by atoms with van der Waals surface area (Å²) in [4.78, 5) is 4.51. The molecule has 0 N–H and O–H groups in total. The second-order valence-corrected chi connectivity index (χ2v) is 6.92. The van der Waals surface area contributed by atoms with Crippen LogP contribution in [0.25, 0.3) is 11.5 Å². The van der Waals surface area contributed by atoms with Crippen LogP contribution in [0.1, 0.15) is 17.0 Å². The average molecular weight is 341 g/mol. The second kappa shape index (κ2) is 7.45. The monoisotopic (exact) mass is 341 g/mol. The third kappa shape index (κ3) is 3.92. The molecule has 0 amide bonds. The molecule has 24 heavy (non-hydrogen) atoms. The first kappa shape index (κ1) is 16.5. The van der Waals surface area contributed by atoms with Crippen molar-refractivity contribution in [3.05, 3.63) is 71.6 Å². The molecule has 0 aliphatic rings. The Hall–Kier alpha value is -2.40. The first-order valence-electron chi connectivity index (χ1n) is 7.65. The van der Waals surface area contributed by atoms with Crippen LogP contribution in [-0.2, 0) is 22.3 Å². The van der Waals surface area contributed by atoms with Crippen LogP contribution >= 0.6 is 0 Å². The minimum atomic E-state index is -1.06. The predicted octanol–water partition coefficient (Wildman–Crippen LogP) is 4.11. The fourth-order valence-electron chi connectivity index (χ4n) is 2.42. The lowest BCUT2D eigenvalue weighted by Crippen LogP contribution is -2.01. The number of aryl methyl sites for hydroxylation is 1. The Labute approximate surface area is 144 Å². The molecule has 0 radical (unpaired) electrons. The highest BCUT2D eigenvalue weighted by Crippen LogP contribution is 2.23. The van der Waals surface area contributed by atoms with Crippen LogP contribution in [0, 0.1) is 6.92 Å². The normalized spacial score (nSPS) is 12.1. The van der Waals surface area contributed by atoms with Crippen molar-refractivity contribution in [2.45, 2.75) is 18.4 Å². The molecule has 124 valence electrons. The number of rotatable bonds is 6. The quantitative estimate of drug-likeness (QED) is 0.677. The van der Waals surface area contributed by atoms with E-state index in [1.165, 1.54) is 0 Å².